The molecule has 25 heavy (non-hydrogen) atoms. The van der Waals surface area contributed by atoms with Crippen molar-refractivity contribution in [3.63, 3.8) is 0 Å². The highest BCUT2D eigenvalue weighted by Gasteiger charge is 2.22. The number of benzene rings is 2. The number of esters is 2. The van der Waals surface area contributed by atoms with Gasteiger partial charge in [0.15, 0.2) is 0 Å². The van der Waals surface area contributed by atoms with Gasteiger partial charge in [-0.1, -0.05) is 12.1 Å². The lowest BCUT2D eigenvalue weighted by atomic mass is 10.1. The van der Waals surface area contributed by atoms with Gasteiger partial charge in [-0.2, -0.15) is 0 Å². The molecule has 0 aliphatic rings. The topological polar surface area (TPSA) is 65.5 Å². The van der Waals surface area contributed by atoms with Crippen LogP contribution >= 0.6 is 11.3 Å². The third-order valence-corrected chi connectivity index (χ3v) is 4.63. The van der Waals surface area contributed by atoms with Crippen LogP contribution in [0.25, 0.3) is 20.8 Å². The number of hydrogen-bond acceptors (Lipinski definition) is 6. The zero-order valence-electron chi connectivity index (χ0n) is 14.4. The summed E-state index contributed by atoms with van der Waals surface area (Å²) >= 11 is 1.46. The molecule has 0 saturated carbocycles. The average molecular weight is 355 g/mol. The van der Waals surface area contributed by atoms with Crippen LogP contribution in [0.1, 0.15) is 25.0 Å². The summed E-state index contributed by atoms with van der Waals surface area (Å²) in [5.41, 5.74) is 3.24. The Morgan fingerprint density at radius 3 is 2.40 bits per heavy atom. The molecule has 1 heterocycles. The smallest absolute Gasteiger partial charge is 0.308 e. The zero-order chi connectivity index (χ0) is 18.1. The van der Waals surface area contributed by atoms with E-state index in [2.05, 4.69) is 4.98 Å². The molecule has 0 spiro atoms. The summed E-state index contributed by atoms with van der Waals surface area (Å²) in [7, 11) is 0. The lowest BCUT2D eigenvalue weighted by Gasteiger charge is -2.14. The predicted molar refractivity (Wildman–Crippen MR) is 97.1 cm³/mol. The van der Waals surface area contributed by atoms with Gasteiger partial charge in [0, 0.05) is 13.8 Å². The molecule has 0 saturated heterocycles. The van der Waals surface area contributed by atoms with Crippen molar-refractivity contribution in [3.8, 4) is 22.1 Å². The van der Waals surface area contributed by atoms with E-state index in [4.69, 9.17) is 9.47 Å². The summed E-state index contributed by atoms with van der Waals surface area (Å²) in [5.74, 6) is -0.204. The Bertz CT molecular complexity index is 990. The number of hydrogen-bond donors (Lipinski definition) is 0. The molecule has 0 radical (unpaired) electrons. The van der Waals surface area contributed by atoms with E-state index < -0.39 is 11.9 Å². The van der Waals surface area contributed by atoms with Gasteiger partial charge in [-0.05, 0) is 43.2 Å². The molecule has 0 bridgehead atoms. The Hall–Kier alpha value is -2.73. The fourth-order valence-electron chi connectivity index (χ4n) is 2.53. The van der Waals surface area contributed by atoms with E-state index in [0.717, 1.165) is 21.3 Å². The highest BCUT2D eigenvalue weighted by Crippen LogP contribution is 2.44. The second kappa shape index (κ2) is 6.64. The molecule has 6 heteroatoms. The van der Waals surface area contributed by atoms with Crippen LogP contribution in [0.2, 0.25) is 0 Å². The fraction of sp³-hybridized carbons (Fsp3) is 0.211. The van der Waals surface area contributed by atoms with Gasteiger partial charge < -0.3 is 9.47 Å². The van der Waals surface area contributed by atoms with Crippen molar-refractivity contribution in [1.82, 2.24) is 4.98 Å². The third kappa shape index (κ3) is 3.53. The van der Waals surface area contributed by atoms with Gasteiger partial charge in [0.1, 0.15) is 16.5 Å². The second-order valence-corrected chi connectivity index (χ2v) is 6.79. The van der Waals surface area contributed by atoms with Crippen LogP contribution in [0.3, 0.4) is 0 Å². The number of carbonyl (C=O) groups excluding carboxylic acids is 2. The molecule has 0 fully saturated rings. The number of fused-ring (bicyclic) bond motifs is 1. The highest BCUT2D eigenvalue weighted by atomic mass is 32.1. The number of aryl methyl sites for hydroxylation is 2. The van der Waals surface area contributed by atoms with E-state index in [0.29, 0.717) is 22.1 Å². The Morgan fingerprint density at radius 2 is 1.72 bits per heavy atom. The average Bonchev–Trinajstić information content (AvgIpc) is 2.92. The number of carbonyl (C=O) groups is 2. The van der Waals surface area contributed by atoms with Crippen LogP contribution in [0.4, 0.5) is 0 Å². The van der Waals surface area contributed by atoms with Gasteiger partial charge >= 0.3 is 11.9 Å². The van der Waals surface area contributed by atoms with E-state index in [1.54, 1.807) is 12.1 Å². The number of rotatable bonds is 3. The molecule has 0 atom stereocenters. The molecule has 2 aromatic carbocycles. The maximum absolute atomic E-state index is 11.6. The maximum Gasteiger partial charge on any atom is 0.308 e. The second-order valence-electron chi connectivity index (χ2n) is 5.76. The SMILES string of the molecule is CC(=O)Oc1ccc(C)c(OC(C)=O)c1-c1nc2cc(C)ccc2s1. The lowest BCUT2D eigenvalue weighted by molar-refractivity contribution is -0.132. The van der Waals surface area contributed by atoms with Crippen LogP contribution < -0.4 is 9.47 Å². The van der Waals surface area contributed by atoms with Gasteiger partial charge in [-0.15, -0.1) is 11.3 Å². The standard InChI is InChI=1S/C19H17NO4S/c1-10-5-8-16-14(9-10)20-19(25-16)17-15(23-12(3)21)7-6-11(2)18(17)24-13(4)22/h5-9H,1-4H3. The van der Waals surface area contributed by atoms with Crippen molar-refractivity contribution >= 4 is 33.5 Å². The summed E-state index contributed by atoms with van der Waals surface area (Å²) in [6, 6.07) is 9.44. The van der Waals surface area contributed by atoms with Crippen LogP contribution in [-0.2, 0) is 9.59 Å². The summed E-state index contributed by atoms with van der Waals surface area (Å²) in [6.07, 6.45) is 0. The molecule has 1 aromatic heterocycles. The molecule has 0 unspecified atom stereocenters. The van der Waals surface area contributed by atoms with Crippen molar-refractivity contribution < 1.29 is 19.1 Å². The van der Waals surface area contributed by atoms with E-state index in [1.165, 1.54) is 25.2 Å². The van der Waals surface area contributed by atoms with E-state index in [-0.39, 0.29) is 0 Å². The number of nitrogens with zero attached hydrogens (tertiary/aromatic N) is 1. The molecule has 0 aliphatic carbocycles. The Balaban J connectivity index is 2.27. The van der Waals surface area contributed by atoms with Crippen molar-refractivity contribution in [3.05, 3.63) is 41.5 Å². The third-order valence-electron chi connectivity index (χ3n) is 3.57. The summed E-state index contributed by atoms with van der Waals surface area (Å²) in [5, 5.41) is 0.636. The Kier molecular flexibility index (Phi) is 4.55. The molecule has 0 N–H and O–H groups in total. The minimum Gasteiger partial charge on any atom is -0.426 e. The minimum absolute atomic E-state index is 0.324. The maximum atomic E-state index is 11.6. The van der Waals surface area contributed by atoms with Crippen LogP contribution in [-0.4, -0.2) is 16.9 Å². The normalized spacial score (nSPS) is 10.7. The molecule has 3 aromatic rings. The first-order valence-electron chi connectivity index (χ1n) is 7.73. The van der Waals surface area contributed by atoms with E-state index in [9.17, 15) is 9.59 Å². The molecule has 0 aliphatic heterocycles. The lowest BCUT2D eigenvalue weighted by Crippen LogP contribution is -2.07. The van der Waals surface area contributed by atoms with Crippen molar-refractivity contribution in [2.75, 3.05) is 0 Å². The van der Waals surface area contributed by atoms with Crippen LogP contribution in [0.5, 0.6) is 11.5 Å². The quantitative estimate of drug-likeness (QED) is 0.514. The van der Waals surface area contributed by atoms with Crippen molar-refractivity contribution in [2.45, 2.75) is 27.7 Å². The molecule has 128 valence electrons. The first-order chi connectivity index (χ1) is 11.8. The summed E-state index contributed by atoms with van der Waals surface area (Å²) in [6.45, 7) is 6.50. The molecule has 0 amide bonds. The number of ether oxygens (including phenoxy) is 2. The zero-order valence-corrected chi connectivity index (χ0v) is 15.2. The molecular weight excluding hydrogens is 338 g/mol. The summed E-state index contributed by atoms with van der Waals surface area (Å²) < 4.78 is 11.7. The first kappa shape index (κ1) is 17.1. The molecular formula is C19H17NO4S. The van der Waals surface area contributed by atoms with Gasteiger partial charge in [0.2, 0.25) is 0 Å². The van der Waals surface area contributed by atoms with Crippen molar-refractivity contribution in [2.24, 2.45) is 0 Å². The summed E-state index contributed by atoms with van der Waals surface area (Å²) in [4.78, 5) is 27.7. The predicted octanol–water partition coefficient (Wildman–Crippen LogP) is 4.43. The van der Waals surface area contributed by atoms with Gasteiger partial charge in [0.05, 0.1) is 15.8 Å². The van der Waals surface area contributed by atoms with Crippen LogP contribution in [0.15, 0.2) is 30.3 Å². The Morgan fingerprint density at radius 1 is 1.00 bits per heavy atom. The molecule has 3 rings (SSSR count). The Labute approximate surface area is 149 Å². The van der Waals surface area contributed by atoms with E-state index in [1.807, 2.05) is 32.0 Å². The number of thiazole rings is 1. The van der Waals surface area contributed by atoms with Crippen molar-refractivity contribution in [1.29, 1.82) is 0 Å². The highest BCUT2D eigenvalue weighted by molar-refractivity contribution is 7.21. The fourth-order valence-corrected chi connectivity index (χ4v) is 3.52. The largest absolute Gasteiger partial charge is 0.426 e. The van der Waals surface area contributed by atoms with Gasteiger partial charge in [0.25, 0.3) is 0 Å². The van der Waals surface area contributed by atoms with Gasteiger partial charge in [-0.3, -0.25) is 9.59 Å². The number of aromatic nitrogens is 1. The minimum atomic E-state index is -0.448. The first-order valence-corrected chi connectivity index (χ1v) is 8.55. The van der Waals surface area contributed by atoms with E-state index >= 15 is 0 Å². The molecule has 5 nitrogen and oxygen atoms in total. The van der Waals surface area contributed by atoms with Crippen LogP contribution in [0, 0.1) is 13.8 Å². The monoisotopic (exact) mass is 355 g/mol. The van der Waals surface area contributed by atoms with Gasteiger partial charge in [-0.25, -0.2) is 4.98 Å².